The van der Waals surface area contributed by atoms with Crippen LogP contribution in [0.1, 0.15) is 18.1 Å². The topological polar surface area (TPSA) is 52.8 Å². The molecular weight excluding hydrogens is 340 g/mol. The maximum Gasteiger partial charge on any atom is 0.331 e. The molecule has 0 aliphatic rings. The molecule has 0 bridgehead atoms. The number of aliphatic imine (C=N–C) groups is 1. The van der Waals surface area contributed by atoms with E-state index in [0.717, 1.165) is 27.8 Å². The SMILES string of the molecule is CCOC(=O)[C@@H](Cc1cn(C)c2ccc(OC)cc12)N=Cc1ccccc1. The molecule has 0 saturated heterocycles. The summed E-state index contributed by atoms with van der Waals surface area (Å²) in [4.78, 5) is 17.0. The van der Waals surface area contributed by atoms with Crippen LogP contribution in [-0.4, -0.2) is 36.5 Å². The molecule has 0 amide bonds. The zero-order chi connectivity index (χ0) is 19.2. The Morgan fingerprint density at radius 1 is 1.22 bits per heavy atom. The molecule has 0 N–H and O–H groups in total. The number of hydrogen-bond acceptors (Lipinski definition) is 4. The molecule has 0 spiro atoms. The maximum atomic E-state index is 12.5. The minimum atomic E-state index is -0.595. The van der Waals surface area contributed by atoms with E-state index in [2.05, 4.69) is 4.99 Å². The van der Waals surface area contributed by atoms with Crippen molar-refractivity contribution in [3.05, 3.63) is 65.9 Å². The van der Waals surface area contributed by atoms with E-state index >= 15 is 0 Å². The van der Waals surface area contributed by atoms with Crippen LogP contribution in [0.15, 0.2) is 59.7 Å². The molecule has 0 fully saturated rings. The Bertz CT molecular complexity index is 945. The highest BCUT2D eigenvalue weighted by molar-refractivity contribution is 5.88. The number of carbonyl (C=O) groups excluding carboxylic acids is 1. The van der Waals surface area contributed by atoms with Gasteiger partial charge in [0.15, 0.2) is 6.04 Å². The Morgan fingerprint density at radius 3 is 2.70 bits per heavy atom. The van der Waals surface area contributed by atoms with Gasteiger partial charge in [-0.3, -0.25) is 4.99 Å². The molecule has 0 aliphatic carbocycles. The van der Waals surface area contributed by atoms with Gasteiger partial charge in [0.05, 0.1) is 13.7 Å². The lowest BCUT2D eigenvalue weighted by atomic mass is 10.0. The van der Waals surface area contributed by atoms with Crippen LogP contribution in [0.5, 0.6) is 5.75 Å². The Morgan fingerprint density at radius 2 is 2.00 bits per heavy atom. The number of nitrogens with zero attached hydrogens (tertiary/aromatic N) is 2. The summed E-state index contributed by atoms with van der Waals surface area (Å²) in [5, 5.41) is 1.06. The fourth-order valence-electron chi connectivity index (χ4n) is 3.10. The normalized spacial score (nSPS) is 12.4. The van der Waals surface area contributed by atoms with E-state index < -0.39 is 6.04 Å². The number of fused-ring (bicyclic) bond motifs is 1. The molecule has 0 saturated carbocycles. The number of esters is 1. The number of aryl methyl sites for hydroxylation is 1. The van der Waals surface area contributed by atoms with E-state index in [4.69, 9.17) is 9.47 Å². The van der Waals surface area contributed by atoms with Gasteiger partial charge in [-0.15, -0.1) is 0 Å². The summed E-state index contributed by atoms with van der Waals surface area (Å²) < 4.78 is 12.6. The van der Waals surface area contributed by atoms with Crippen LogP contribution < -0.4 is 4.74 Å². The summed E-state index contributed by atoms with van der Waals surface area (Å²) in [6, 6.07) is 15.1. The summed E-state index contributed by atoms with van der Waals surface area (Å²) in [7, 11) is 3.64. The molecule has 1 heterocycles. The molecule has 27 heavy (non-hydrogen) atoms. The van der Waals surface area contributed by atoms with Crippen LogP contribution in [0.25, 0.3) is 10.9 Å². The van der Waals surface area contributed by atoms with Crippen LogP contribution in [0, 0.1) is 0 Å². The second-order valence-electron chi connectivity index (χ2n) is 6.31. The van der Waals surface area contributed by atoms with E-state index in [1.807, 2.05) is 66.3 Å². The predicted molar refractivity (Wildman–Crippen MR) is 108 cm³/mol. The van der Waals surface area contributed by atoms with Crippen molar-refractivity contribution in [2.24, 2.45) is 12.0 Å². The lowest BCUT2D eigenvalue weighted by molar-refractivity contribution is -0.144. The fourth-order valence-corrected chi connectivity index (χ4v) is 3.10. The minimum absolute atomic E-state index is 0.315. The molecule has 3 rings (SSSR count). The van der Waals surface area contributed by atoms with E-state index in [1.165, 1.54) is 0 Å². The number of ether oxygens (including phenoxy) is 2. The zero-order valence-corrected chi connectivity index (χ0v) is 15.9. The van der Waals surface area contributed by atoms with Crippen molar-refractivity contribution in [2.75, 3.05) is 13.7 Å². The third-order valence-corrected chi connectivity index (χ3v) is 4.45. The fraction of sp³-hybridized carbons (Fsp3) is 0.273. The Hall–Kier alpha value is -3.08. The zero-order valence-electron chi connectivity index (χ0n) is 15.9. The van der Waals surface area contributed by atoms with Crippen molar-refractivity contribution in [3.8, 4) is 5.75 Å². The van der Waals surface area contributed by atoms with Crippen molar-refractivity contribution in [3.63, 3.8) is 0 Å². The van der Waals surface area contributed by atoms with E-state index in [-0.39, 0.29) is 5.97 Å². The van der Waals surface area contributed by atoms with Crippen molar-refractivity contribution < 1.29 is 14.3 Å². The first-order valence-electron chi connectivity index (χ1n) is 8.99. The van der Waals surface area contributed by atoms with Gasteiger partial charge in [0, 0.05) is 36.8 Å². The summed E-state index contributed by atoms with van der Waals surface area (Å²) in [5.41, 5.74) is 3.07. The molecule has 5 heteroatoms. The summed E-state index contributed by atoms with van der Waals surface area (Å²) in [6.07, 6.45) is 4.23. The number of carbonyl (C=O) groups is 1. The largest absolute Gasteiger partial charge is 0.497 e. The highest BCUT2D eigenvalue weighted by Gasteiger charge is 2.21. The first kappa shape index (κ1) is 18.7. The highest BCUT2D eigenvalue weighted by atomic mass is 16.5. The van der Waals surface area contributed by atoms with Gasteiger partial charge in [0.25, 0.3) is 0 Å². The second-order valence-corrected chi connectivity index (χ2v) is 6.31. The maximum absolute atomic E-state index is 12.5. The summed E-state index contributed by atoms with van der Waals surface area (Å²) in [5.74, 6) is 0.472. The Kier molecular flexibility index (Phi) is 5.91. The van der Waals surface area contributed by atoms with Crippen molar-refractivity contribution in [1.29, 1.82) is 0 Å². The first-order chi connectivity index (χ1) is 13.1. The van der Waals surface area contributed by atoms with Gasteiger partial charge < -0.3 is 14.0 Å². The summed E-state index contributed by atoms with van der Waals surface area (Å²) in [6.45, 7) is 2.14. The van der Waals surface area contributed by atoms with Crippen LogP contribution in [0.4, 0.5) is 0 Å². The van der Waals surface area contributed by atoms with Crippen LogP contribution >= 0.6 is 0 Å². The molecule has 0 radical (unpaired) electrons. The van der Waals surface area contributed by atoms with E-state index in [9.17, 15) is 4.79 Å². The molecule has 3 aromatic rings. The average molecular weight is 364 g/mol. The average Bonchev–Trinajstić information content (AvgIpc) is 3.00. The van der Waals surface area contributed by atoms with Crippen molar-refractivity contribution in [2.45, 2.75) is 19.4 Å². The van der Waals surface area contributed by atoms with Gasteiger partial charge in [-0.05, 0) is 36.2 Å². The summed E-state index contributed by atoms with van der Waals surface area (Å²) >= 11 is 0. The van der Waals surface area contributed by atoms with Crippen LogP contribution in [0.2, 0.25) is 0 Å². The third kappa shape index (κ3) is 4.37. The number of methoxy groups -OCH3 is 1. The quantitative estimate of drug-likeness (QED) is 0.474. The van der Waals surface area contributed by atoms with Crippen LogP contribution in [0.3, 0.4) is 0 Å². The standard InChI is InChI=1S/C22H24N2O3/c1-4-27-22(25)20(23-14-16-8-6-5-7-9-16)12-17-15-24(2)21-11-10-18(26-3)13-19(17)21/h5-11,13-15,20H,4,12H2,1-3H3/t20-/m1/s1. The van der Waals surface area contributed by atoms with Crippen molar-refractivity contribution >= 4 is 23.1 Å². The van der Waals surface area contributed by atoms with Gasteiger partial charge in [-0.25, -0.2) is 4.79 Å². The molecule has 0 aliphatic heterocycles. The van der Waals surface area contributed by atoms with Gasteiger partial charge >= 0.3 is 5.97 Å². The number of hydrogen-bond donors (Lipinski definition) is 0. The minimum Gasteiger partial charge on any atom is -0.497 e. The van der Waals surface area contributed by atoms with E-state index in [1.54, 1.807) is 20.2 Å². The molecule has 140 valence electrons. The lowest BCUT2D eigenvalue weighted by Gasteiger charge is -2.11. The molecule has 1 atom stereocenters. The Balaban J connectivity index is 1.93. The third-order valence-electron chi connectivity index (χ3n) is 4.45. The Labute approximate surface area is 159 Å². The van der Waals surface area contributed by atoms with Crippen molar-refractivity contribution in [1.82, 2.24) is 4.57 Å². The molecule has 5 nitrogen and oxygen atoms in total. The molecule has 2 aromatic carbocycles. The lowest BCUT2D eigenvalue weighted by Crippen LogP contribution is -2.24. The van der Waals surface area contributed by atoms with E-state index in [0.29, 0.717) is 13.0 Å². The number of aromatic nitrogens is 1. The van der Waals surface area contributed by atoms with Crippen LogP contribution in [-0.2, 0) is 23.0 Å². The molecule has 0 unspecified atom stereocenters. The first-order valence-corrected chi connectivity index (χ1v) is 8.99. The van der Waals surface area contributed by atoms with Gasteiger partial charge in [0.1, 0.15) is 5.75 Å². The van der Waals surface area contributed by atoms with Gasteiger partial charge in [-0.2, -0.15) is 0 Å². The number of benzene rings is 2. The predicted octanol–water partition coefficient (Wildman–Crippen LogP) is 3.78. The molecule has 1 aromatic heterocycles. The molecular formula is C22H24N2O3. The second kappa shape index (κ2) is 8.54. The van der Waals surface area contributed by atoms with Gasteiger partial charge in [-0.1, -0.05) is 30.3 Å². The number of rotatable bonds is 7. The monoisotopic (exact) mass is 364 g/mol. The van der Waals surface area contributed by atoms with Gasteiger partial charge in [0.2, 0.25) is 0 Å². The smallest absolute Gasteiger partial charge is 0.331 e. The highest BCUT2D eigenvalue weighted by Crippen LogP contribution is 2.27.